The number of esters is 1. The molecule has 0 saturated carbocycles. The standard InChI is InChI=1S/C19H22N6O6/c1-28-12-6-11(7-13(29-2)16(12)31-8-14(20)26)19(27)30-5-3-4-25-10-24-15-17(21)22-9-23-18(15)25/h6-7,9-10H,3-5,8H2,1-2H3,(H2,20,26)(H2,21,22,23). The molecule has 0 bridgehead atoms. The van der Waals surface area contributed by atoms with Crippen molar-refractivity contribution in [2.75, 3.05) is 33.2 Å². The van der Waals surface area contributed by atoms with Crippen LogP contribution in [0.2, 0.25) is 0 Å². The zero-order chi connectivity index (χ0) is 22.4. The maximum Gasteiger partial charge on any atom is 0.338 e. The van der Waals surface area contributed by atoms with Crippen LogP contribution in [0.15, 0.2) is 24.8 Å². The van der Waals surface area contributed by atoms with Gasteiger partial charge in [-0.25, -0.2) is 19.7 Å². The fourth-order valence-electron chi connectivity index (χ4n) is 2.83. The van der Waals surface area contributed by atoms with Crippen LogP contribution in [-0.2, 0) is 16.1 Å². The Balaban J connectivity index is 1.63. The molecule has 0 unspecified atom stereocenters. The second-order valence-corrected chi connectivity index (χ2v) is 6.32. The third-order valence-corrected chi connectivity index (χ3v) is 4.26. The molecular weight excluding hydrogens is 408 g/mol. The number of hydrogen-bond donors (Lipinski definition) is 2. The summed E-state index contributed by atoms with van der Waals surface area (Å²) in [7, 11) is 2.79. The fourth-order valence-corrected chi connectivity index (χ4v) is 2.83. The lowest BCUT2D eigenvalue weighted by molar-refractivity contribution is -0.120. The number of nitrogen functional groups attached to an aromatic ring is 1. The normalized spacial score (nSPS) is 10.6. The number of ether oxygens (including phenoxy) is 4. The first-order chi connectivity index (χ1) is 14.9. The quantitative estimate of drug-likeness (QED) is 0.342. The summed E-state index contributed by atoms with van der Waals surface area (Å²) in [4.78, 5) is 35.7. The van der Waals surface area contributed by atoms with Gasteiger partial charge in [0.15, 0.2) is 29.6 Å². The van der Waals surface area contributed by atoms with Gasteiger partial charge in [0.25, 0.3) is 5.91 Å². The average Bonchev–Trinajstić information content (AvgIpc) is 3.18. The number of aryl methyl sites for hydroxylation is 1. The van der Waals surface area contributed by atoms with E-state index < -0.39 is 11.9 Å². The highest BCUT2D eigenvalue weighted by atomic mass is 16.5. The molecule has 2 aromatic heterocycles. The molecule has 3 aromatic rings. The van der Waals surface area contributed by atoms with E-state index in [1.165, 1.54) is 32.7 Å². The van der Waals surface area contributed by atoms with Crippen molar-refractivity contribution >= 4 is 28.9 Å². The van der Waals surface area contributed by atoms with E-state index in [4.69, 9.17) is 30.4 Å². The molecule has 0 saturated heterocycles. The molecule has 0 fully saturated rings. The number of nitrogens with two attached hydrogens (primary N) is 2. The van der Waals surface area contributed by atoms with Crippen LogP contribution in [0.4, 0.5) is 5.82 Å². The van der Waals surface area contributed by atoms with Crippen LogP contribution in [0.25, 0.3) is 11.2 Å². The number of benzene rings is 1. The van der Waals surface area contributed by atoms with Crippen LogP contribution in [0.3, 0.4) is 0 Å². The summed E-state index contributed by atoms with van der Waals surface area (Å²) >= 11 is 0. The number of carbonyl (C=O) groups is 2. The number of aromatic nitrogens is 4. The van der Waals surface area contributed by atoms with Crippen LogP contribution in [-0.4, -0.2) is 58.8 Å². The monoisotopic (exact) mass is 430 g/mol. The first kappa shape index (κ1) is 21.6. The smallest absolute Gasteiger partial charge is 0.338 e. The second kappa shape index (κ2) is 9.61. The minimum absolute atomic E-state index is 0.156. The van der Waals surface area contributed by atoms with Crippen LogP contribution in [0.5, 0.6) is 17.2 Å². The zero-order valence-corrected chi connectivity index (χ0v) is 17.0. The van der Waals surface area contributed by atoms with Gasteiger partial charge in [-0.2, -0.15) is 0 Å². The van der Waals surface area contributed by atoms with Crippen molar-refractivity contribution in [3.05, 3.63) is 30.4 Å². The largest absolute Gasteiger partial charge is 0.493 e. The highest BCUT2D eigenvalue weighted by Crippen LogP contribution is 2.38. The molecule has 1 amide bonds. The Labute approximate surface area is 177 Å². The van der Waals surface area contributed by atoms with Gasteiger partial charge in [-0.15, -0.1) is 0 Å². The minimum atomic E-state index is -0.660. The summed E-state index contributed by atoms with van der Waals surface area (Å²) in [5, 5.41) is 0. The number of primary amides is 1. The van der Waals surface area contributed by atoms with Gasteiger partial charge in [0.05, 0.1) is 32.7 Å². The summed E-state index contributed by atoms with van der Waals surface area (Å²) in [6.45, 7) is 0.312. The lowest BCUT2D eigenvalue weighted by Crippen LogP contribution is -2.20. The van der Waals surface area contributed by atoms with E-state index in [1.54, 1.807) is 10.9 Å². The van der Waals surface area contributed by atoms with Crippen LogP contribution in [0, 0.1) is 0 Å². The molecule has 0 aliphatic rings. The van der Waals surface area contributed by atoms with Crippen molar-refractivity contribution in [3.8, 4) is 17.2 Å². The van der Waals surface area contributed by atoms with Crippen molar-refractivity contribution in [1.29, 1.82) is 0 Å². The average molecular weight is 430 g/mol. The van der Waals surface area contributed by atoms with E-state index in [0.717, 1.165) is 0 Å². The van der Waals surface area contributed by atoms with Crippen molar-refractivity contribution in [2.24, 2.45) is 5.73 Å². The SMILES string of the molecule is COc1cc(C(=O)OCCCn2cnc3c(N)ncnc32)cc(OC)c1OCC(N)=O. The van der Waals surface area contributed by atoms with Crippen LogP contribution < -0.4 is 25.7 Å². The zero-order valence-electron chi connectivity index (χ0n) is 17.0. The molecule has 1 aromatic carbocycles. The molecule has 0 radical (unpaired) electrons. The van der Waals surface area contributed by atoms with Crippen LogP contribution in [0.1, 0.15) is 16.8 Å². The maximum absolute atomic E-state index is 12.5. The molecule has 31 heavy (non-hydrogen) atoms. The summed E-state index contributed by atoms with van der Waals surface area (Å²) in [5.74, 6) is -0.355. The maximum atomic E-state index is 12.5. The van der Waals surface area contributed by atoms with Gasteiger partial charge in [-0.1, -0.05) is 0 Å². The number of rotatable bonds is 10. The van der Waals surface area contributed by atoms with Crippen molar-refractivity contribution in [1.82, 2.24) is 19.5 Å². The van der Waals surface area contributed by atoms with E-state index >= 15 is 0 Å². The number of methoxy groups -OCH3 is 2. The summed E-state index contributed by atoms with van der Waals surface area (Å²) < 4.78 is 22.9. The van der Waals surface area contributed by atoms with Gasteiger partial charge < -0.3 is 35.0 Å². The van der Waals surface area contributed by atoms with Gasteiger partial charge in [-0.05, 0) is 18.6 Å². The van der Waals surface area contributed by atoms with E-state index in [2.05, 4.69) is 15.0 Å². The van der Waals surface area contributed by atoms with Crippen molar-refractivity contribution < 1.29 is 28.5 Å². The van der Waals surface area contributed by atoms with E-state index in [1.807, 2.05) is 0 Å². The van der Waals surface area contributed by atoms with Gasteiger partial charge in [0, 0.05) is 6.54 Å². The third kappa shape index (κ3) is 4.91. The molecular formula is C19H22N6O6. The molecule has 0 aliphatic heterocycles. The second-order valence-electron chi connectivity index (χ2n) is 6.32. The lowest BCUT2D eigenvalue weighted by Gasteiger charge is -2.15. The number of anilines is 1. The first-order valence-electron chi connectivity index (χ1n) is 9.20. The van der Waals surface area contributed by atoms with Crippen LogP contribution >= 0.6 is 0 Å². The number of imidazole rings is 1. The molecule has 12 heteroatoms. The van der Waals surface area contributed by atoms with Crippen molar-refractivity contribution in [2.45, 2.75) is 13.0 Å². The molecule has 4 N–H and O–H groups in total. The minimum Gasteiger partial charge on any atom is -0.493 e. The Bertz CT molecular complexity index is 1070. The molecule has 3 rings (SSSR count). The Kier molecular flexibility index (Phi) is 6.70. The number of fused-ring (bicyclic) bond motifs is 1. The summed E-state index contributed by atoms with van der Waals surface area (Å²) in [6.07, 6.45) is 3.50. The topological polar surface area (TPSA) is 167 Å². The number of nitrogens with zero attached hydrogens (tertiary/aromatic N) is 4. The predicted octanol–water partition coefficient (Wildman–Crippen LogP) is 0.537. The van der Waals surface area contributed by atoms with Gasteiger partial charge in [0.2, 0.25) is 5.75 Å². The highest BCUT2D eigenvalue weighted by Gasteiger charge is 2.19. The Morgan fingerprint density at radius 3 is 2.45 bits per heavy atom. The van der Waals surface area contributed by atoms with E-state index in [-0.39, 0.29) is 36.0 Å². The van der Waals surface area contributed by atoms with E-state index in [0.29, 0.717) is 29.9 Å². The van der Waals surface area contributed by atoms with E-state index in [9.17, 15) is 9.59 Å². The molecule has 0 spiro atoms. The Hall–Kier alpha value is -4.09. The number of hydrogen-bond acceptors (Lipinski definition) is 10. The Morgan fingerprint density at radius 2 is 1.81 bits per heavy atom. The predicted molar refractivity (Wildman–Crippen MR) is 109 cm³/mol. The van der Waals surface area contributed by atoms with Gasteiger partial charge in [-0.3, -0.25) is 4.79 Å². The van der Waals surface area contributed by atoms with Gasteiger partial charge in [0.1, 0.15) is 11.8 Å². The summed E-state index contributed by atoms with van der Waals surface area (Å²) in [6, 6.07) is 2.87. The van der Waals surface area contributed by atoms with Crippen molar-refractivity contribution in [3.63, 3.8) is 0 Å². The first-order valence-corrected chi connectivity index (χ1v) is 9.20. The molecule has 2 heterocycles. The lowest BCUT2D eigenvalue weighted by atomic mass is 10.2. The molecule has 12 nitrogen and oxygen atoms in total. The molecule has 164 valence electrons. The number of amides is 1. The molecule has 0 atom stereocenters. The fraction of sp³-hybridized carbons (Fsp3) is 0.316. The Morgan fingerprint density at radius 1 is 1.10 bits per heavy atom. The summed E-state index contributed by atoms with van der Waals surface area (Å²) in [5.41, 5.74) is 12.2. The third-order valence-electron chi connectivity index (χ3n) is 4.26. The molecule has 0 aliphatic carbocycles. The number of carbonyl (C=O) groups excluding carboxylic acids is 2. The highest BCUT2D eigenvalue weighted by molar-refractivity contribution is 5.91. The van der Waals surface area contributed by atoms with Gasteiger partial charge >= 0.3 is 5.97 Å².